The van der Waals surface area contributed by atoms with E-state index in [0.29, 0.717) is 19.4 Å². The maximum absolute atomic E-state index is 13.1. The normalized spacial score (nSPS) is 19.9. The van der Waals surface area contributed by atoms with E-state index in [9.17, 15) is 17.6 Å². The molecule has 0 aromatic heterocycles. The predicted molar refractivity (Wildman–Crippen MR) is 81.6 cm³/mol. The minimum atomic E-state index is -3.84. The monoisotopic (exact) mass is 348 g/mol. The summed E-state index contributed by atoms with van der Waals surface area (Å²) in [6.45, 7) is 0.445. The van der Waals surface area contributed by atoms with Crippen LogP contribution in [0.2, 0.25) is 5.02 Å². The minimum absolute atomic E-state index is 0.0925. The Kier molecular flexibility index (Phi) is 5.09. The van der Waals surface area contributed by atoms with Crippen molar-refractivity contribution in [2.45, 2.75) is 17.7 Å². The zero-order chi connectivity index (χ0) is 16.5. The third-order valence-electron chi connectivity index (χ3n) is 3.69. The molecule has 1 fully saturated rings. The van der Waals surface area contributed by atoms with E-state index < -0.39 is 15.8 Å². The lowest BCUT2D eigenvalue weighted by Crippen LogP contribution is -2.45. The summed E-state index contributed by atoms with van der Waals surface area (Å²) in [5.41, 5.74) is 0. The van der Waals surface area contributed by atoms with Gasteiger partial charge in [-0.25, -0.2) is 12.8 Å². The fraction of sp³-hybridized carbons (Fsp3) is 0.500. The van der Waals surface area contributed by atoms with Crippen molar-refractivity contribution >= 4 is 27.5 Å². The Hall–Kier alpha value is -1.18. The average Bonchev–Trinajstić information content (AvgIpc) is 2.46. The number of carbonyl (C=O) groups excluding carboxylic acids is 1. The maximum Gasteiger partial charge on any atom is 0.244 e. The summed E-state index contributed by atoms with van der Waals surface area (Å²) in [7, 11) is -0.547. The fourth-order valence-electron chi connectivity index (χ4n) is 2.55. The Morgan fingerprint density at radius 1 is 1.41 bits per heavy atom. The highest BCUT2D eigenvalue weighted by Gasteiger charge is 2.34. The predicted octanol–water partition coefficient (Wildman–Crippen LogP) is 1.97. The highest BCUT2D eigenvalue weighted by Crippen LogP contribution is 2.29. The van der Waals surface area contributed by atoms with Crippen LogP contribution < -0.4 is 0 Å². The molecule has 0 bridgehead atoms. The third-order valence-corrected chi connectivity index (χ3v) is 6.03. The molecule has 122 valence electrons. The summed E-state index contributed by atoms with van der Waals surface area (Å²) in [4.78, 5) is 13.4. The van der Waals surface area contributed by atoms with Gasteiger partial charge in [0.05, 0.1) is 10.9 Å². The number of sulfonamides is 1. The number of amides is 1. The van der Waals surface area contributed by atoms with Gasteiger partial charge in [0.2, 0.25) is 15.9 Å². The van der Waals surface area contributed by atoms with Crippen molar-refractivity contribution in [3.05, 3.63) is 29.0 Å². The van der Waals surface area contributed by atoms with Crippen LogP contribution in [0.1, 0.15) is 12.8 Å². The quantitative estimate of drug-likeness (QED) is 0.839. The summed E-state index contributed by atoms with van der Waals surface area (Å²) < 4.78 is 39.6. The van der Waals surface area contributed by atoms with Gasteiger partial charge in [0.1, 0.15) is 10.7 Å². The zero-order valence-electron chi connectivity index (χ0n) is 12.4. The van der Waals surface area contributed by atoms with Crippen LogP contribution in [0.4, 0.5) is 4.39 Å². The molecule has 0 spiro atoms. The van der Waals surface area contributed by atoms with Crippen LogP contribution in [0.3, 0.4) is 0 Å². The zero-order valence-corrected chi connectivity index (χ0v) is 14.0. The number of nitrogens with zero attached hydrogens (tertiary/aromatic N) is 2. The molecule has 1 aliphatic rings. The number of hydrogen-bond acceptors (Lipinski definition) is 3. The van der Waals surface area contributed by atoms with Gasteiger partial charge in [-0.2, -0.15) is 4.31 Å². The molecule has 1 aromatic rings. The van der Waals surface area contributed by atoms with E-state index in [1.54, 1.807) is 14.1 Å². The van der Waals surface area contributed by atoms with E-state index in [-0.39, 0.29) is 28.3 Å². The fourth-order valence-corrected chi connectivity index (χ4v) is 4.58. The van der Waals surface area contributed by atoms with Crippen LogP contribution in [0.25, 0.3) is 0 Å². The number of carbonyl (C=O) groups is 1. The van der Waals surface area contributed by atoms with Gasteiger partial charge in [0.25, 0.3) is 0 Å². The van der Waals surface area contributed by atoms with Gasteiger partial charge in [-0.3, -0.25) is 4.79 Å². The third kappa shape index (κ3) is 3.42. The van der Waals surface area contributed by atoms with Crippen molar-refractivity contribution in [1.29, 1.82) is 0 Å². The van der Waals surface area contributed by atoms with Crippen molar-refractivity contribution in [2.75, 3.05) is 27.2 Å². The van der Waals surface area contributed by atoms with Gasteiger partial charge < -0.3 is 4.90 Å². The van der Waals surface area contributed by atoms with E-state index in [1.807, 2.05) is 0 Å². The van der Waals surface area contributed by atoms with Crippen LogP contribution in [0.15, 0.2) is 23.1 Å². The van der Waals surface area contributed by atoms with Crippen LogP contribution >= 0.6 is 11.6 Å². The Bertz CT molecular complexity index is 679. The van der Waals surface area contributed by atoms with Gasteiger partial charge in [0.15, 0.2) is 0 Å². The summed E-state index contributed by atoms with van der Waals surface area (Å²) in [6.07, 6.45) is 1.25. The average molecular weight is 349 g/mol. The van der Waals surface area contributed by atoms with Gasteiger partial charge in [0, 0.05) is 27.2 Å². The first-order chi connectivity index (χ1) is 10.2. The lowest BCUT2D eigenvalue weighted by molar-refractivity contribution is -0.134. The number of piperidine rings is 1. The number of halogens is 2. The van der Waals surface area contributed by atoms with Crippen molar-refractivity contribution in [2.24, 2.45) is 5.92 Å². The van der Waals surface area contributed by atoms with E-state index in [4.69, 9.17) is 11.6 Å². The molecule has 1 aliphatic heterocycles. The maximum atomic E-state index is 13.1. The van der Waals surface area contributed by atoms with E-state index in [1.165, 1.54) is 9.21 Å². The summed E-state index contributed by atoms with van der Waals surface area (Å²) in [5, 5.41) is -0.152. The van der Waals surface area contributed by atoms with E-state index >= 15 is 0 Å². The van der Waals surface area contributed by atoms with Gasteiger partial charge in [-0.1, -0.05) is 11.6 Å². The molecule has 1 saturated heterocycles. The molecule has 0 unspecified atom stereocenters. The summed E-state index contributed by atoms with van der Waals surface area (Å²) >= 11 is 5.86. The Morgan fingerprint density at radius 3 is 2.68 bits per heavy atom. The van der Waals surface area contributed by atoms with Gasteiger partial charge in [-0.15, -0.1) is 0 Å². The highest BCUT2D eigenvalue weighted by atomic mass is 35.5. The first-order valence-electron chi connectivity index (χ1n) is 6.90. The van der Waals surface area contributed by atoms with Crippen LogP contribution in [0.5, 0.6) is 0 Å². The molecule has 8 heteroatoms. The Balaban J connectivity index is 2.27. The molecule has 2 rings (SSSR count). The Labute approximate surface area is 134 Å². The van der Waals surface area contributed by atoms with E-state index in [0.717, 1.165) is 18.2 Å². The second-order valence-corrected chi connectivity index (χ2v) is 7.82. The SMILES string of the molecule is CN(C)C(=O)[C@@H]1CCCN(S(=O)(=O)c2ccc(F)cc2Cl)C1. The summed E-state index contributed by atoms with van der Waals surface area (Å²) in [5.74, 6) is -1.05. The lowest BCUT2D eigenvalue weighted by atomic mass is 9.98. The number of benzene rings is 1. The van der Waals surface area contributed by atoms with Gasteiger partial charge in [-0.05, 0) is 31.0 Å². The topological polar surface area (TPSA) is 57.7 Å². The molecular weight excluding hydrogens is 331 g/mol. The van der Waals surface area contributed by atoms with Crippen molar-refractivity contribution < 1.29 is 17.6 Å². The van der Waals surface area contributed by atoms with Crippen LogP contribution in [0, 0.1) is 11.7 Å². The van der Waals surface area contributed by atoms with Crippen molar-refractivity contribution in [3.63, 3.8) is 0 Å². The molecule has 5 nitrogen and oxygen atoms in total. The summed E-state index contributed by atoms with van der Waals surface area (Å²) in [6, 6.07) is 3.19. The van der Waals surface area contributed by atoms with Gasteiger partial charge >= 0.3 is 0 Å². The standard InChI is InChI=1S/C14H18ClFN2O3S/c1-17(2)14(19)10-4-3-7-18(9-10)22(20,21)13-6-5-11(16)8-12(13)15/h5-6,8,10H,3-4,7,9H2,1-2H3/t10-/m1/s1. The van der Waals surface area contributed by atoms with Crippen molar-refractivity contribution in [1.82, 2.24) is 9.21 Å². The second kappa shape index (κ2) is 6.52. The highest BCUT2D eigenvalue weighted by molar-refractivity contribution is 7.89. The smallest absolute Gasteiger partial charge is 0.244 e. The molecular formula is C14H18ClFN2O3S. The first-order valence-corrected chi connectivity index (χ1v) is 8.71. The molecule has 0 saturated carbocycles. The molecule has 0 aliphatic carbocycles. The lowest BCUT2D eigenvalue weighted by Gasteiger charge is -2.32. The molecule has 0 radical (unpaired) electrons. The molecule has 22 heavy (non-hydrogen) atoms. The number of rotatable bonds is 3. The molecule has 1 atom stereocenters. The minimum Gasteiger partial charge on any atom is -0.349 e. The van der Waals surface area contributed by atoms with Crippen LogP contribution in [-0.2, 0) is 14.8 Å². The molecule has 1 heterocycles. The largest absolute Gasteiger partial charge is 0.349 e. The Morgan fingerprint density at radius 2 is 2.09 bits per heavy atom. The van der Waals surface area contributed by atoms with Crippen LogP contribution in [-0.4, -0.2) is 50.7 Å². The van der Waals surface area contributed by atoms with E-state index in [2.05, 4.69) is 0 Å². The molecule has 0 N–H and O–H groups in total. The number of hydrogen-bond donors (Lipinski definition) is 0. The molecule has 1 aromatic carbocycles. The molecule has 1 amide bonds. The second-order valence-electron chi connectivity index (χ2n) is 5.51. The first kappa shape index (κ1) is 17.2. The van der Waals surface area contributed by atoms with Crippen molar-refractivity contribution in [3.8, 4) is 0 Å².